The molecule has 0 radical (unpaired) electrons. The molecule has 0 fully saturated rings. The molecule has 27 heavy (non-hydrogen) atoms. The maximum Gasteiger partial charge on any atom is 0.223 e. The van der Waals surface area contributed by atoms with E-state index in [1.807, 2.05) is 36.5 Å². The van der Waals surface area contributed by atoms with Gasteiger partial charge in [-0.2, -0.15) is 5.10 Å². The van der Waals surface area contributed by atoms with Crippen LogP contribution >= 0.6 is 0 Å². The van der Waals surface area contributed by atoms with Crippen LogP contribution in [0.3, 0.4) is 0 Å². The van der Waals surface area contributed by atoms with Gasteiger partial charge in [-0.15, -0.1) is 0 Å². The van der Waals surface area contributed by atoms with Gasteiger partial charge in [0.25, 0.3) is 0 Å². The number of aromatic nitrogens is 2. The first-order valence-corrected chi connectivity index (χ1v) is 8.75. The van der Waals surface area contributed by atoms with E-state index in [0.29, 0.717) is 18.4 Å². The molecule has 0 aliphatic rings. The fraction of sp³-hybridized carbons (Fsp3) is 0.238. The summed E-state index contributed by atoms with van der Waals surface area (Å²) >= 11 is 0. The van der Waals surface area contributed by atoms with Gasteiger partial charge in [0.2, 0.25) is 5.91 Å². The number of rotatable bonds is 6. The number of hydrogen-bond donors (Lipinski definition) is 0. The minimum Gasteiger partial charge on any atom is -0.339 e. The molecule has 0 aliphatic heterocycles. The molecule has 0 bridgehead atoms. The van der Waals surface area contributed by atoms with Crippen molar-refractivity contribution >= 4 is 5.91 Å². The van der Waals surface area contributed by atoms with Crippen LogP contribution in [0.2, 0.25) is 0 Å². The van der Waals surface area contributed by atoms with Gasteiger partial charge in [-0.3, -0.25) is 4.79 Å². The molecule has 1 heterocycles. The third-order valence-electron chi connectivity index (χ3n) is 4.68. The molecule has 3 aromatic rings. The number of para-hydroxylation sites is 1. The number of amides is 1. The number of hydrogen-bond acceptors (Lipinski definition) is 2. The van der Waals surface area contributed by atoms with Crippen LogP contribution in [0.4, 0.5) is 8.78 Å². The summed E-state index contributed by atoms with van der Waals surface area (Å²) in [5.41, 5.74) is 2.47. The number of nitrogens with zero attached hydrogens (tertiary/aromatic N) is 3. The summed E-state index contributed by atoms with van der Waals surface area (Å²) in [5, 5.41) is 4.32. The number of carbonyl (C=O) groups is 1. The highest BCUT2D eigenvalue weighted by atomic mass is 19.2. The van der Waals surface area contributed by atoms with Crippen molar-refractivity contribution in [2.45, 2.75) is 25.8 Å². The van der Waals surface area contributed by atoms with Gasteiger partial charge in [-0.1, -0.05) is 24.3 Å². The lowest BCUT2D eigenvalue weighted by Gasteiger charge is -2.25. The molecular weight excluding hydrogens is 348 g/mol. The quantitative estimate of drug-likeness (QED) is 0.650. The average molecular weight is 369 g/mol. The van der Waals surface area contributed by atoms with Crippen LogP contribution < -0.4 is 0 Å². The van der Waals surface area contributed by atoms with Crippen molar-refractivity contribution < 1.29 is 13.6 Å². The van der Waals surface area contributed by atoms with Gasteiger partial charge in [-0.05, 0) is 48.7 Å². The molecule has 4 nitrogen and oxygen atoms in total. The highest BCUT2D eigenvalue weighted by molar-refractivity contribution is 5.76. The number of carbonyl (C=O) groups excluding carboxylic acids is 1. The third kappa shape index (κ3) is 4.39. The van der Waals surface area contributed by atoms with E-state index in [-0.39, 0.29) is 11.9 Å². The van der Waals surface area contributed by atoms with Gasteiger partial charge >= 0.3 is 0 Å². The van der Waals surface area contributed by atoms with Crippen molar-refractivity contribution in [2.75, 3.05) is 7.05 Å². The monoisotopic (exact) mass is 369 g/mol. The Morgan fingerprint density at radius 2 is 1.89 bits per heavy atom. The molecule has 0 N–H and O–H groups in total. The second-order valence-electron chi connectivity index (χ2n) is 6.48. The Hall–Kier alpha value is -3.02. The summed E-state index contributed by atoms with van der Waals surface area (Å²) in [4.78, 5) is 14.0. The summed E-state index contributed by atoms with van der Waals surface area (Å²) in [6, 6.07) is 13.1. The Morgan fingerprint density at radius 1 is 1.15 bits per heavy atom. The molecule has 140 valence electrons. The maximum atomic E-state index is 13.4. The summed E-state index contributed by atoms with van der Waals surface area (Å²) in [7, 11) is 1.67. The molecule has 1 aromatic heterocycles. The summed E-state index contributed by atoms with van der Waals surface area (Å²) in [6.45, 7) is 1.79. The smallest absolute Gasteiger partial charge is 0.223 e. The lowest BCUT2D eigenvalue weighted by atomic mass is 10.1. The van der Waals surface area contributed by atoms with Crippen molar-refractivity contribution in [3.63, 3.8) is 0 Å². The minimum atomic E-state index is -0.909. The van der Waals surface area contributed by atoms with Crippen LogP contribution in [0.15, 0.2) is 60.9 Å². The molecule has 0 aliphatic carbocycles. The molecule has 3 rings (SSSR count). The average Bonchev–Trinajstić information content (AvgIpc) is 3.17. The van der Waals surface area contributed by atoms with E-state index in [1.165, 1.54) is 6.07 Å². The predicted octanol–water partition coefficient (Wildman–Crippen LogP) is 4.30. The van der Waals surface area contributed by atoms with Crippen LogP contribution in [0.5, 0.6) is 0 Å². The molecular formula is C21H21F2N3O. The first-order chi connectivity index (χ1) is 13.0. The second-order valence-corrected chi connectivity index (χ2v) is 6.48. The highest BCUT2D eigenvalue weighted by Gasteiger charge is 2.18. The number of aryl methyl sites for hydroxylation is 1. The molecule has 1 unspecified atom stereocenters. The van der Waals surface area contributed by atoms with E-state index >= 15 is 0 Å². The minimum absolute atomic E-state index is 0.0697. The molecule has 0 saturated carbocycles. The van der Waals surface area contributed by atoms with Gasteiger partial charge in [0.1, 0.15) is 0 Å². The highest BCUT2D eigenvalue weighted by Crippen LogP contribution is 2.22. The summed E-state index contributed by atoms with van der Waals surface area (Å²) < 4.78 is 28.3. The summed E-state index contributed by atoms with van der Waals surface area (Å²) in [6.07, 6.45) is 4.52. The molecule has 1 amide bonds. The van der Waals surface area contributed by atoms with Crippen molar-refractivity contribution in [2.24, 2.45) is 0 Å². The second kappa shape index (κ2) is 8.12. The van der Waals surface area contributed by atoms with E-state index in [9.17, 15) is 13.6 Å². The van der Waals surface area contributed by atoms with Gasteiger partial charge in [0.15, 0.2) is 11.6 Å². The zero-order valence-corrected chi connectivity index (χ0v) is 15.3. The van der Waals surface area contributed by atoms with E-state index in [1.54, 1.807) is 29.7 Å². The summed E-state index contributed by atoms with van der Waals surface area (Å²) in [5.74, 6) is -1.87. The zero-order chi connectivity index (χ0) is 19.4. The van der Waals surface area contributed by atoms with E-state index < -0.39 is 11.6 Å². The molecule has 1 atom stereocenters. The molecule has 2 aromatic carbocycles. The molecule has 0 saturated heterocycles. The Kier molecular flexibility index (Phi) is 5.64. The van der Waals surface area contributed by atoms with Crippen LogP contribution in [-0.2, 0) is 11.2 Å². The first kappa shape index (κ1) is 18.8. The van der Waals surface area contributed by atoms with Gasteiger partial charge in [0, 0.05) is 19.7 Å². The lowest BCUT2D eigenvalue weighted by molar-refractivity contribution is -0.131. The van der Waals surface area contributed by atoms with Gasteiger partial charge in [0.05, 0.1) is 17.9 Å². The van der Waals surface area contributed by atoms with Gasteiger partial charge < -0.3 is 4.90 Å². The zero-order valence-electron chi connectivity index (χ0n) is 15.3. The lowest BCUT2D eigenvalue weighted by Crippen LogP contribution is -2.29. The number of halogens is 2. The fourth-order valence-electron chi connectivity index (χ4n) is 2.85. The van der Waals surface area contributed by atoms with E-state index in [4.69, 9.17) is 0 Å². The molecule has 0 spiro atoms. The van der Waals surface area contributed by atoms with Crippen LogP contribution in [0, 0.1) is 11.6 Å². The fourth-order valence-corrected chi connectivity index (χ4v) is 2.85. The first-order valence-electron chi connectivity index (χ1n) is 8.75. The Labute approximate surface area is 157 Å². The molecule has 6 heteroatoms. The topological polar surface area (TPSA) is 38.1 Å². The Balaban J connectivity index is 1.60. The predicted molar refractivity (Wildman–Crippen MR) is 99.4 cm³/mol. The van der Waals surface area contributed by atoms with E-state index in [2.05, 4.69) is 5.10 Å². The number of benzene rings is 2. The largest absolute Gasteiger partial charge is 0.339 e. The Bertz CT molecular complexity index is 924. The SMILES string of the molecule is CC(c1ccc(F)c(F)c1)N(C)C(=O)CCc1cnn(-c2ccccc2)c1. The van der Waals surface area contributed by atoms with Crippen molar-refractivity contribution in [3.8, 4) is 5.69 Å². The standard InChI is InChI=1S/C21H21F2N3O/c1-15(17-9-10-19(22)20(23)12-17)25(2)21(27)11-8-16-13-24-26(14-16)18-6-4-3-5-7-18/h3-7,9-10,12-15H,8,11H2,1-2H3. The normalized spacial score (nSPS) is 12.0. The van der Waals surface area contributed by atoms with Crippen molar-refractivity contribution in [1.29, 1.82) is 0 Å². The maximum absolute atomic E-state index is 13.4. The van der Waals surface area contributed by atoms with Crippen LogP contribution in [0.25, 0.3) is 5.69 Å². The Morgan fingerprint density at radius 3 is 2.59 bits per heavy atom. The van der Waals surface area contributed by atoms with Crippen LogP contribution in [-0.4, -0.2) is 27.6 Å². The van der Waals surface area contributed by atoms with Crippen molar-refractivity contribution in [3.05, 3.63) is 83.7 Å². The van der Waals surface area contributed by atoms with Crippen LogP contribution in [0.1, 0.15) is 30.5 Å². The van der Waals surface area contributed by atoms with Gasteiger partial charge in [-0.25, -0.2) is 13.5 Å². The third-order valence-corrected chi connectivity index (χ3v) is 4.68. The van der Waals surface area contributed by atoms with Crippen molar-refractivity contribution in [1.82, 2.24) is 14.7 Å². The van der Waals surface area contributed by atoms with E-state index in [0.717, 1.165) is 23.4 Å².